The van der Waals surface area contributed by atoms with E-state index >= 15 is 0 Å². The Morgan fingerprint density at radius 1 is 1.03 bits per heavy atom. The molecule has 184 valence electrons. The fraction of sp³-hybridized carbons (Fsp3) is 0.409. The van der Waals surface area contributed by atoms with Crippen LogP contribution in [0.3, 0.4) is 0 Å². The molecule has 2 atom stereocenters. The second-order valence-electron chi connectivity index (χ2n) is 8.67. The molecule has 0 saturated carbocycles. The lowest BCUT2D eigenvalue weighted by atomic mass is 9.90. The number of amides is 2. The lowest BCUT2D eigenvalue weighted by molar-refractivity contribution is 0.121. The molecule has 2 unspecified atom stereocenters. The van der Waals surface area contributed by atoms with Gasteiger partial charge in [0.1, 0.15) is 11.5 Å². The fourth-order valence-electron chi connectivity index (χ4n) is 4.35. The monoisotopic (exact) mass is 544 g/mol. The number of rotatable bonds is 5. The number of halogens is 1. The minimum absolute atomic E-state index is 0.0698. The highest BCUT2D eigenvalue weighted by atomic mass is 35.5. The second kappa shape index (κ2) is 9.34. The van der Waals surface area contributed by atoms with Crippen molar-refractivity contribution in [2.24, 2.45) is 0 Å². The zero-order chi connectivity index (χ0) is 24.8. The summed E-state index contributed by atoms with van der Waals surface area (Å²) in [5, 5.41) is -0.429. The third kappa shape index (κ3) is 4.94. The number of carbonyl (C=O) groups excluding carboxylic acids is 1. The summed E-state index contributed by atoms with van der Waals surface area (Å²) in [7, 11) is -9.16. The van der Waals surface area contributed by atoms with E-state index in [-0.39, 0.29) is 23.4 Å². The van der Waals surface area contributed by atoms with Crippen molar-refractivity contribution in [1.29, 1.82) is 0 Å². The molecule has 2 aromatic carbocycles. The van der Waals surface area contributed by atoms with Crippen molar-refractivity contribution in [2.45, 2.75) is 22.5 Å². The van der Waals surface area contributed by atoms with Gasteiger partial charge in [-0.25, -0.2) is 13.2 Å². The van der Waals surface area contributed by atoms with E-state index in [2.05, 4.69) is 0 Å². The second-order valence-corrected chi connectivity index (χ2v) is 16.3. The van der Waals surface area contributed by atoms with Crippen LogP contribution >= 0.6 is 11.6 Å². The van der Waals surface area contributed by atoms with Crippen molar-refractivity contribution >= 4 is 46.5 Å². The van der Waals surface area contributed by atoms with E-state index in [0.29, 0.717) is 36.6 Å². The molecule has 34 heavy (non-hydrogen) atoms. The van der Waals surface area contributed by atoms with Gasteiger partial charge in [-0.2, -0.15) is 8.42 Å². The summed E-state index contributed by atoms with van der Waals surface area (Å²) in [6.07, 6.45) is 2.60. The Morgan fingerprint density at radius 3 is 2.26 bits per heavy atom. The Hall–Kier alpha value is -1.79. The molecule has 0 aliphatic carbocycles. The Kier molecular flexibility index (Phi) is 6.96. The largest absolute Gasteiger partial charge is 0.602 e. The smallest absolute Gasteiger partial charge is 0.320 e. The van der Waals surface area contributed by atoms with Crippen LogP contribution in [0.15, 0.2) is 47.4 Å². The van der Waals surface area contributed by atoms with Crippen LogP contribution < -0.4 is 0 Å². The summed E-state index contributed by atoms with van der Waals surface area (Å²) in [4.78, 5) is 16.1. The minimum Gasteiger partial charge on any atom is -0.602 e. The highest BCUT2D eigenvalue weighted by molar-refractivity contribution is 8.67. The van der Waals surface area contributed by atoms with Crippen molar-refractivity contribution in [3.63, 3.8) is 0 Å². The topological polar surface area (TPSA) is 115 Å². The van der Waals surface area contributed by atoms with Gasteiger partial charge in [0.25, 0.3) is 0 Å². The van der Waals surface area contributed by atoms with Crippen LogP contribution in [0.25, 0.3) is 11.1 Å². The summed E-state index contributed by atoms with van der Waals surface area (Å²) < 4.78 is 60.1. The molecule has 2 aromatic rings. The zero-order valence-corrected chi connectivity index (χ0v) is 21.9. The van der Waals surface area contributed by atoms with E-state index in [4.69, 9.17) is 11.6 Å². The van der Waals surface area contributed by atoms with Gasteiger partial charge >= 0.3 is 14.9 Å². The quantitative estimate of drug-likeness (QED) is 0.422. The SMILES string of the molecule is C[S+]([O-])S(=O)(=O)C1CCN(C(=O)N2CC(c3ccc(-c4ccc(Cl)cc4S(C)(=O)=O)cc3)C2)C1. The normalized spacial score (nSPS) is 20.3. The Balaban J connectivity index is 1.40. The molecule has 2 aliphatic rings. The predicted molar refractivity (Wildman–Crippen MR) is 133 cm³/mol. The molecular formula is C22H25ClN2O6S3. The van der Waals surface area contributed by atoms with Crippen molar-refractivity contribution in [1.82, 2.24) is 9.80 Å². The first-order chi connectivity index (χ1) is 15.9. The van der Waals surface area contributed by atoms with Crippen molar-refractivity contribution in [3.05, 3.63) is 53.1 Å². The molecule has 2 amide bonds. The van der Waals surface area contributed by atoms with Gasteiger partial charge in [0.15, 0.2) is 9.84 Å². The van der Waals surface area contributed by atoms with E-state index in [0.717, 1.165) is 23.6 Å². The van der Waals surface area contributed by atoms with E-state index in [1.165, 1.54) is 11.0 Å². The minimum atomic E-state index is -3.74. The van der Waals surface area contributed by atoms with Crippen molar-refractivity contribution in [3.8, 4) is 11.1 Å². The average molecular weight is 545 g/mol. The van der Waals surface area contributed by atoms with E-state index in [1.807, 2.05) is 24.3 Å². The van der Waals surface area contributed by atoms with Crippen LogP contribution in [0.1, 0.15) is 17.9 Å². The first kappa shape index (κ1) is 25.3. The summed E-state index contributed by atoms with van der Waals surface area (Å²) in [6, 6.07) is 12.2. The molecule has 0 N–H and O–H groups in total. The Morgan fingerprint density at radius 2 is 1.68 bits per heavy atom. The maximum absolute atomic E-state index is 12.8. The first-order valence-corrected chi connectivity index (χ1v) is 16.5. The summed E-state index contributed by atoms with van der Waals surface area (Å²) in [5.74, 6) is 0.142. The molecule has 2 aliphatic heterocycles. The molecule has 2 fully saturated rings. The van der Waals surface area contributed by atoms with E-state index < -0.39 is 34.2 Å². The van der Waals surface area contributed by atoms with Gasteiger partial charge in [-0.15, -0.1) is 0 Å². The molecule has 8 nitrogen and oxygen atoms in total. The Bertz CT molecular complexity index is 1310. The van der Waals surface area contributed by atoms with Crippen LogP contribution in [-0.4, -0.2) is 81.2 Å². The molecule has 2 saturated heterocycles. The van der Waals surface area contributed by atoms with Crippen LogP contribution in [0.4, 0.5) is 4.79 Å². The molecule has 0 aromatic heterocycles. The van der Waals surface area contributed by atoms with Crippen LogP contribution in [0.2, 0.25) is 5.02 Å². The van der Waals surface area contributed by atoms with Gasteiger partial charge in [-0.05, 0) is 29.7 Å². The summed E-state index contributed by atoms with van der Waals surface area (Å²) in [5.41, 5.74) is 2.37. The third-order valence-corrected chi connectivity index (χ3v) is 12.3. The van der Waals surface area contributed by atoms with E-state index in [9.17, 15) is 26.2 Å². The average Bonchev–Trinajstić information content (AvgIpc) is 3.23. The number of benzene rings is 2. The number of carbonyl (C=O) groups is 1. The molecular weight excluding hydrogens is 520 g/mol. The van der Waals surface area contributed by atoms with Gasteiger partial charge in [0.2, 0.25) is 0 Å². The molecule has 0 bridgehead atoms. The van der Waals surface area contributed by atoms with Crippen LogP contribution in [0.5, 0.6) is 0 Å². The molecule has 4 rings (SSSR count). The van der Waals surface area contributed by atoms with Gasteiger partial charge in [0, 0.05) is 48.9 Å². The summed E-state index contributed by atoms with van der Waals surface area (Å²) in [6.45, 7) is 1.43. The van der Waals surface area contributed by atoms with Gasteiger partial charge in [0.05, 0.1) is 15.1 Å². The number of likely N-dealkylation sites (tertiary alicyclic amines) is 2. The van der Waals surface area contributed by atoms with Gasteiger partial charge < -0.3 is 14.4 Å². The maximum atomic E-state index is 12.8. The molecule has 2 heterocycles. The van der Waals surface area contributed by atoms with Crippen LogP contribution in [-0.2, 0) is 28.9 Å². The highest BCUT2D eigenvalue weighted by Crippen LogP contribution is 2.34. The summed E-state index contributed by atoms with van der Waals surface area (Å²) >= 11 is 5.99. The third-order valence-electron chi connectivity index (χ3n) is 6.34. The lowest BCUT2D eigenvalue weighted by Gasteiger charge is -2.41. The number of hydrogen-bond acceptors (Lipinski definition) is 6. The molecule has 12 heteroatoms. The predicted octanol–water partition coefficient (Wildman–Crippen LogP) is 2.71. The number of hydrogen-bond donors (Lipinski definition) is 0. The Labute approximate surface area is 207 Å². The van der Waals surface area contributed by atoms with Crippen molar-refractivity contribution < 1.29 is 26.2 Å². The highest BCUT2D eigenvalue weighted by Gasteiger charge is 2.43. The zero-order valence-electron chi connectivity index (χ0n) is 18.7. The van der Waals surface area contributed by atoms with Gasteiger partial charge in [-0.1, -0.05) is 41.9 Å². The standard InChI is InChI=1S/C22H25ClN2O6S3/c1-32(27)34(30,31)19-9-10-24(14-19)22(26)25-12-17(13-25)15-3-5-16(6-4-15)20-8-7-18(23)11-21(20)33(2,28)29/h3-8,11,17,19H,9-10,12-14H2,1-2H3. The molecule has 0 radical (unpaired) electrons. The van der Waals surface area contributed by atoms with E-state index in [1.54, 1.807) is 17.0 Å². The lowest BCUT2D eigenvalue weighted by Crippen LogP contribution is -2.53. The number of nitrogens with zero attached hydrogens (tertiary/aromatic N) is 2. The first-order valence-electron chi connectivity index (χ1n) is 10.6. The number of sulfone groups is 1. The van der Waals surface area contributed by atoms with Crippen LogP contribution in [0, 0.1) is 0 Å². The van der Waals surface area contributed by atoms with Gasteiger partial charge in [-0.3, -0.25) is 0 Å². The van der Waals surface area contributed by atoms with Crippen molar-refractivity contribution in [2.75, 3.05) is 38.7 Å². The molecule has 0 spiro atoms. The maximum Gasteiger partial charge on any atom is 0.320 e. The number of urea groups is 1. The fourth-order valence-corrected chi connectivity index (χ4v) is 8.28.